The average Bonchev–Trinajstić information content (AvgIpc) is 2.90. The zero-order valence-electron chi connectivity index (χ0n) is 9.37. The quantitative estimate of drug-likeness (QED) is 0.791. The monoisotopic (exact) mass is 266 g/mol. The number of rotatable bonds is 2. The number of furan rings is 1. The Hall–Kier alpha value is -1.76. The molecule has 0 atom stereocenters. The molecular weight excluding hydrogens is 256 g/mol. The molecule has 0 saturated carbocycles. The Kier molecular flexibility index (Phi) is 2.62. The fraction of sp³-hybridized carbons (Fsp3) is 0.364. The molecule has 3 amide bonds. The highest BCUT2D eigenvalue weighted by Gasteiger charge is 2.43. The second-order valence-electron chi connectivity index (χ2n) is 4.16. The van der Waals surface area contributed by atoms with Crippen LogP contribution in [-0.2, 0) is 4.79 Å². The van der Waals surface area contributed by atoms with Gasteiger partial charge in [0.1, 0.15) is 0 Å². The third-order valence-corrected chi connectivity index (χ3v) is 3.87. The number of imide groups is 1. The number of nitrogens with zero attached hydrogens (tertiary/aromatic N) is 2. The van der Waals surface area contributed by atoms with Gasteiger partial charge in [0.2, 0.25) is 5.91 Å². The number of carbonyl (C=O) groups is 3. The minimum atomic E-state index is -0.213. The third-order valence-electron chi connectivity index (χ3n) is 3.03. The Morgan fingerprint density at radius 1 is 1.39 bits per heavy atom. The van der Waals surface area contributed by atoms with Crippen molar-refractivity contribution < 1.29 is 18.8 Å². The fourth-order valence-corrected chi connectivity index (χ4v) is 2.83. The molecule has 0 spiro atoms. The van der Waals surface area contributed by atoms with Gasteiger partial charge in [0.25, 0.3) is 11.1 Å². The van der Waals surface area contributed by atoms with Gasteiger partial charge in [0.05, 0.1) is 18.1 Å². The molecule has 1 aromatic heterocycles. The maximum Gasteiger partial charge on any atom is 0.289 e. The highest BCUT2D eigenvalue weighted by molar-refractivity contribution is 8.14. The fourth-order valence-electron chi connectivity index (χ4n) is 2.06. The summed E-state index contributed by atoms with van der Waals surface area (Å²) in [6.45, 7) is 0.773. The molecule has 7 heteroatoms. The molecular formula is C11H10N2O4S. The normalized spacial score (nSPS) is 20.4. The van der Waals surface area contributed by atoms with Gasteiger partial charge in [-0.05, 0) is 12.1 Å². The largest absolute Gasteiger partial charge is 0.459 e. The summed E-state index contributed by atoms with van der Waals surface area (Å²) in [6, 6.07) is 3.06. The van der Waals surface area contributed by atoms with Gasteiger partial charge >= 0.3 is 0 Å². The van der Waals surface area contributed by atoms with Crippen LogP contribution < -0.4 is 0 Å². The van der Waals surface area contributed by atoms with Crippen molar-refractivity contribution in [1.29, 1.82) is 0 Å². The van der Waals surface area contributed by atoms with Gasteiger partial charge < -0.3 is 9.32 Å². The van der Waals surface area contributed by atoms with Crippen molar-refractivity contribution in [3.63, 3.8) is 0 Å². The molecule has 18 heavy (non-hydrogen) atoms. The molecule has 2 aliphatic rings. The zero-order chi connectivity index (χ0) is 12.7. The molecule has 0 unspecified atom stereocenters. The van der Waals surface area contributed by atoms with Crippen molar-refractivity contribution in [2.24, 2.45) is 0 Å². The highest BCUT2D eigenvalue weighted by Crippen LogP contribution is 2.26. The van der Waals surface area contributed by atoms with Gasteiger partial charge in [-0.25, -0.2) is 0 Å². The van der Waals surface area contributed by atoms with Crippen molar-refractivity contribution in [3.8, 4) is 0 Å². The molecule has 0 N–H and O–H groups in total. The molecule has 3 heterocycles. The molecule has 2 aliphatic heterocycles. The van der Waals surface area contributed by atoms with Crippen LogP contribution in [0.3, 0.4) is 0 Å². The first-order valence-electron chi connectivity index (χ1n) is 5.48. The summed E-state index contributed by atoms with van der Waals surface area (Å²) in [6.07, 6.45) is 1.44. The SMILES string of the molecule is O=C(c1ccco1)N1CC(N2C(=O)CSC2=O)C1. The Balaban J connectivity index is 1.62. The Morgan fingerprint density at radius 2 is 2.17 bits per heavy atom. The van der Waals surface area contributed by atoms with E-state index in [1.54, 1.807) is 17.0 Å². The Morgan fingerprint density at radius 3 is 2.72 bits per heavy atom. The van der Waals surface area contributed by atoms with Crippen molar-refractivity contribution in [1.82, 2.24) is 9.80 Å². The van der Waals surface area contributed by atoms with E-state index in [1.807, 2.05) is 0 Å². The molecule has 0 aromatic carbocycles. The van der Waals surface area contributed by atoms with Gasteiger partial charge in [0, 0.05) is 13.1 Å². The average molecular weight is 266 g/mol. The van der Waals surface area contributed by atoms with E-state index in [2.05, 4.69) is 0 Å². The predicted octanol–water partition coefficient (Wildman–Crippen LogP) is 0.799. The number of carbonyl (C=O) groups excluding carboxylic acids is 3. The maximum absolute atomic E-state index is 11.9. The summed E-state index contributed by atoms with van der Waals surface area (Å²) in [4.78, 5) is 37.6. The van der Waals surface area contributed by atoms with E-state index >= 15 is 0 Å². The van der Waals surface area contributed by atoms with Crippen LogP contribution in [0.25, 0.3) is 0 Å². The van der Waals surface area contributed by atoms with Crippen LogP contribution in [0.2, 0.25) is 0 Å². The highest BCUT2D eigenvalue weighted by atomic mass is 32.2. The minimum Gasteiger partial charge on any atom is -0.459 e. The van der Waals surface area contributed by atoms with E-state index < -0.39 is 0 Å². The van der Waals surface area contributed by atoms with E-state index in [4.69, 9.17) is 4.42 Å². The van der Waals surface area contributed by atoms with Crippen molar-refractivity contribution in [3.05, 3.63) is 24.2 Å². The van der Waals surface area contributed by atoms with Crippen LogP contribution in [0, 0.1) is 0 Å². The van der Waals surface area contributed by atoms with Gasteiger partial charge in [-0.15, -0.1) is 0 Å². The summed E-state index contributed by atoms with van der Waals surface area (Å²) in [5.41, 5.74) is 0. The molecule has 3 rings (SSSR count). The van der Waals surface area contributed by atoms with Crippen LogP contribution >= 0.6 is 11.8 Å². The summed E-state index contributed by atoms with van der Waals surface area (Å²) in [5.74, 6) is 0.117. The summed E-state index contributed by atoms with van der Waals surface area (Å²) in [7, 11) is 0. The smallest absolute Gasteiger partial charge is 0.289 e. The zero-order valence-corrected chi connectivity index (χ0v) is 10.2. The number of likely N-dealkylation sites (tertiary alicyclic amines) is 1. The van der Waals surface area contributed by atoms with Gasteiger partial charge in [-0.3, -0.25) is 19.3 Å². The lowest BCUT2D eigenvalue weighted by atomic mass is 10.1. The van der Waals surface area contributed by atoms with Crippen LogP contribution in [0.1, 0.15) is 10.6 Å². The molecule has 0 radical (unpaired) electrons. The number of amides is 3. The van der Waals surface area contributed by atoms with Gasteiger partial charge in [-0.1, -0.05) is 11.8 Å². The van der Waals surface area contributed by atoms with Crippen LogP contribution in [0.15, 0.2) is 22.8 Å². The molecule has 94 valence electrons. The maximum atomic E-state index is 11.9. The Labute approximate surface area is 107 Å². The molecule has 0 aliphatic carbocycles. The molecule has 1 aromatic rings. The molecule has 2 saturated heterocycles. The van der Waals surface area contributed by atoms with Crippen LogP contribution in [-0.4, -0.2) is 51.7 Å². The number of hydrogen-bond donors (Lipinski definition) is 0. The lowest BCUT2D eigenvalue weighted by molar-refractivity contribution is -0.128. The third kappa shape index (κ3) is 1.71. The summed E-state index contributed by atoms with van der Waals surface area (Å²) >= 11 is 1.01. The first-order valence-corrected chi connectivity index (χ1v) is 6.47. The second kappa shape index (κ2) is 4.16. The standard InChI is InChI=1S/C11H10N2O4S/c14-9-6-18-11(16)13(9)7-4-12(5-7)10(15)8-2-1-3-17-8/h1-3,7H,4-6H2. The summed E-state index contributed by atoms with van der Waals surface area (Å²) < 4.78 is 5.01. The number of thioether (sulfide) groups is 1. The van der Waals surface area contributed by atoms with Crippen molar-refractivity contribution in [2.45, 2.75) is 6.04 Å². The van der Waals surface area contributed by atoms with E-state index in [-0.39, 0.29) is 34.6 Å². The minimum absolute atomic E-state index is 0.167. The van der Waals surface area contributed by atoms with Crippen molar-refractivity contribution >= 4 is 28.8 Å². The van der Waals surface area contributed by atoms with E-state index in [1.165, 1.54) is 11.2 Å². The lowest BCUT2D eigenvalue weighted by Gasteiger charge is -2.42. The van der Waals surface area contributed by atoms with E-state index in [9.17, 15) is 14.4 Å². The summed E-state index contributed by atoms with van der Waals surface area (Å²) in [5, 5.41) is -0.213. The van der Waals surface area contributed by atoms with Crippen LogP contribution in [0.5, 0.6) is 0 Å². The Bertz CT molecular complexity index is 491. The lowest BCUT2D eigenvalue weighted by Crippen LogP contribution is -2.62. The predicted molar refractivity (Wildman–Crippen MR) is 63.1 cm³/mol. The van der Waals surface area contributed by atoms with Gasteiger partial charge in [-0.2, -0.15) is 0 Å². The first kappa shape index (κ1) is 11.3. The second-order valence-corrected chi connectivity index (χ2v) is 5.09. The van der Waals surface area contributed by atoms with E-state index in [0.29, 0.717) is 13.1 Å². The van der Waals surface area contributed by atoms with E-state index in [0.717, 1.165) is 11.8 Å². The van der Waals surface area contributed by atoms with Crippen LogP contribution in [0.4, 0.5) is 4.79 Å². The first-order chi connectivity index (χ1) is 8.66. The topological polar surface area (TPSA) is 70.8 Å². The molecule has 6 nitrogen and oxygen atoms in total. The van der Waals surface area contributed by atoms with Gasteiger partial charge in [0.15, 0.2) is 5.76 Å². The number of hydrogen-bond acceptors (Lipinski definition) is 5. The molecule has 0 bridgehead atoms. The van der Waals surface area contributed by atoms with Crippen molar-refractivity contribution in [2.75, 3.05) is 18.8 Å². The molecule has 2 fully saturated rings.